The van der Waals surface area contributed by atoms with Crippen LogP contribution in [0, 0.1) is 0 Å². The van der Waals surface area contributed by atoms with E-state index in [-0.39, 0.29) is 34.0 Å². The summed E-state index contributed by atoms with van der Waals surface area (Å²) >= 11 is 0. The van der Waals surface area contributed by atoms with Crippen molar-refractivity contribution in [2.75, 3.05) is 7.11 Å². The van der Waals surface area contributed by atoms with Crippen molar-refractivity contribution in [2.45, 2.75) is 0 Å². The molecule has 0 saturated heterocycles. The van der Waals surface area contributed by atoms with Crippen LogP contribution in [0.4, 0.5) is 0 Å². The summed E-state index contributed by atoms with van der Waals surface area (Å²) in [5, 5.41) is 19.2. The minimum atomic E-state index is -0.318. The van der Waals surface area contributed by atoms with Crippen molar-refractivity contribution in [3.63, 3.8) is 0 Å². The lowest BCUT2D eigenvalue weighted by atomic mass is 10.1. The van der Waals surface area contributed by atoms with Crippen molar-refractivity contribution in [1.82, 2.24) is 0 Å². The molecule has 0 fully saturated rings. The number of phenolic OH excluding ortho intramolecular Hbond substituents is 2. The van der Waals surface area contributed by atoms with Crippen LogP contribution in [-0.2, 0) is 0 Å². The lowest BCUT2D eigenvalue weighted by molar-refractivity contribution is 0.398. The molecular weight excluding hydrogens is 272 g/mol. The number of benzene rings is 2. The predicted octanol–water partition coefficient (Wildman–Crippen LogP) is 2.88. The molecule has 0 aliphatic carbocycles. The van der Waals surface area contributed by atoms with Gasteiger partial charge in [0.1, 0.15) is 17.1 Å². The summed E-state index contributed by atoms with van der Waals surface area (Å²) in [6.07, 6.45) is 0. The molecule has 0 unspecified atom stereocenters. The van der Waals surface area contributed by atoms with Gasteiger partial charge in [0, 0.05) is 11.6 Å². The zero-order valence-corrected chi connectivity index (χ0v) is 11.2. The molecule has 106 valence electrons. The number of hydrogen-bond donors (Lipinski definition) is 2. The maximum Gasteiger partial charge on any atom is 0.235 e. The maximum atomic E-state index is 12.4. The highest BCUT2D eigenvalue weighted by molar-refractivity contribution is 5.83. The van der Waals surface area contributed by atoms with Crippen molar-refractivity contribution in [2.24, 2.45) is 0 Å². The Balaban J connectivity index is 2.35. The van der Waals surface area contributed by atoms with Crippen molar-refractivity contribution in [3.05, 3.63) is 52.7 Å². The summed E-state index contributed by atoms with van der Waals surface area (Å²) < 4.78 is 10.9. The number of aromatic hydroxyl groups is 2. The fraction of sp³-hybridized carbons (Fsp3) is 0.0625. The minimum absolute atomic E-state index is 0.00692. The number of hydrogen-bond acceptors (Lipinski definition) is 5. The molecule has 0 amide bonds. The van der Waals surface area contributed by atoms with Gasteiger partial charge in [-0.25, -0.2) is 0 Å². The van der Waals surface area contributed by atoms with E-state index >= 15 is 0 Å². The Morgan fingerprint density at radius 2 is 1.67 bits per heavy atom. The molecule has 0 aliphatic rings. The summed E-state index contributed by atoms with van der Waals surface area (Å²) in [4.78, 5) is 12.4. The van der Waals surface area contributed by atoms with Crippen LogP contribution in [0.5, 0.6) is 17.2 Å². The first-order valence-electron chi connectivity index (χ1n) is 6.23. The Morgan fingerprint density at radius 3 is 2.33 bits per heavy atom. The molecule has 3 rings (SSSR count). The molecule has 1 heterocycles. The minimum Gasteiger partial charge on any atom is -0.508 e. The van der Waals surface area contributed by atoms with Gasteiger partial charge in [0.15, 0.2) is 5.76 Å². The second-order valence-electron chi connectivity index (χ2n) is 4.52. The molecule has 3 aromatic rings. The highest BCUT2D eigenvalue weighted by Gasteiger charge is 2.17. The van der Waals surface area contributed by atoms with Crippen LogP contribution in [-0.4, -0.2) is 17.3 Å². The Hall–Kier alpha value is -2.95. The normalized spacial score (nSPS) is 10.7. The van der Waals surface area contributed by atoms with Gasteiger partial charge in [-0.3, -0.25) is 4.79 Å². The topological polar surface area (TPSA) is 79.9 Å². The first-order valence-corrected chi connectivity index (χ1v) is 6.23. The average molecular weight is 284 g/mol. The zero-order valence-electron chi connectivity index (χ0n) is 11.2. The highest BCUT2D eigenvalue weighted by atomic mass is 16.5. The number of rotatable bonds is 2. The van der Waals surface area contributed by atoms with E-state index in [1.807, 2.05) is 0 Å². The number of fused-ring (bicyclic) bond motifs is 1. The molecule has 0 bridgehead atoms. The van der Waals surface area contributed by atoms with E-state index in [9.17, 15) is 15.0 Å². The van der Waals surface area contributed by atoms with Gasteiger partial charge in [0.05, 0.1) is 12.5 Å². The van der Waals surface area contributed by atoms with E-state index in [1.165, 1.54) is 37.4 Å². The average Bonchev–Trinajstić information content (AvgIpc) is 2.47. The molecule has 1 aromatic heterocycles. The first kappa shape index (κ1) is 13.1. The Morgan fingerprint density at radius 1 is 1.00 bits per heavy atom. The van der Waals surface area contributed by atoms with Gasteiger partial charge < -0.3 is 19.4 Å². The molecule has 0 aliphatic heterocycles. The SMILES string of the molecule is COc1c(-c2ccc(O)cc2)oc2cc(O)ccc2c1=O. The number of methoxy groups -OCH3 is 1. The van der Waals surface area contributed by atoms with Gasteiger partial charge in [-0.1, -0.05) is 0 Å². The monoisotopic (exact) mass is 284 g/mol. The van der Waals surface area contributed by atoms with E-state index < -0.39 is 0 Å². The molecule has 2 N–H and O–H groups in total. The molecule has 0 atom stereocenters. The van der Waals surface area contributed by atoms with Crippen molar-refractivity contribution < 1.29 is 19.4 Å². The number of phenols is 2. The van der Waals surface area contributed by atoms with Crippen molar-refractivity contribution in [3.8, 4) is 28.6 Å². The first-order chi connectivity index (χ1) is 10.1. The lowest BCUT2D eigenvalue weighted by Crippen LogP contribution is -2.07. The van der Waals surface area contributed by atoms with Crippen LogP contribution in [0.3, 0.4) is 0 Å². The standard InChI is InChI=1S/C16H12O5/c1-20-16-14(19)12-7-6-11(18)8-13(12)21-15(16)9-2-4-10(17)5-3-9/h2-8,17-18H,1H3. The van der Waals surface area contributed by atoms with Crippen molar-refractivity contribution in [1.29, 1.82) is 0 Å². The van der Waals surface area contributed by atoms with E-state index in [1.54, 1.807) is 12.1 Å². The van der Waals surface area contributed by atoms with E-state index in [2.05, 4.69) is 0 Å². The Bertz CT molecular complexity index is 862. The molecular formula is C16H12O5. The zero-order chi connectivity index (χ0) is 15.0. The van der Waals surface area contributed by atoms with Crippen LogP contribution in [0.1, 0.15) is 0 Å². The third-order valence-electron chi connectivity index (χ3n) is 3.17. The second-order valence-corrected chi connectivity index (χ2v) is 4.52. The molecule has 0 saturated carbocycles. The molecule has 21 heavy (non-hydrogen) atoms. The van der Waals surface area contributed by atoms with Gasteiger partial charge in [0.2, 0.25) is 11.2 Å². The van der Waals surface area contributed by atoms with Crippen LogP contribution in [0.25, 0.3) is 22.3 Å². The van der Waals surface area contributed by atoms with E-state index in [0.717, 1.165) is 0 Å². The summed E-state index contributed by atoms with van der Waals surface area (Å²) in [7, 11) is 1.39. The van der Waals surface area contributed by atoms with Crippen molar-refractivity contribution >= 4 is 11.0 Å². The third kappa shape index (κ3) is 2.18. The quantitative estimate of drug-likeness (QED) is 0.756. The van der Waals surface area contributed by atoms with Crippen LogP contribution >= 0.6 is 0 Å². The largest absolute Gasteiger partial charge is 0.508 e. The Kier molecular flexibility index (Phi) is 3.02. The molecule has 5 nitrogen and oxygen atoms in total. The van der Waals surface area contributed by atoms with Gasteiger partial charge in [-0.2, -0.15) is 0 Å². The molecule has 2 aromatic carbocycles. The second kappa shape index (κ2) is 4.86. The molecule has 0 spiro atoms. The summed E-state index contributed by atoms with van der Waals surface area (Å²) in [6, 6.07) is 10.5. The predicted molar refractivity (Wildman–Crippen MR) is 77.8 cm³/mol. The van der Waals surface area contributed by atoms with Gasteiger partial charge in [-0.05, 0) is 36.4 Å². The lowest BCUT2D eigenvalue weighted by Gasteiger charge is -2.09. The van der Waals surface area contributed by atoms with Gasteiger partial charge in [0.25, 0.3) is 0 Å². The van der Waals surface area contributed by atoms with Crippen LogP contribution in [0.15, 0.2) is 51.7 Å². The van der Waals surface area contributed by atoms with Gasteiger partial charge in [-0.15, -0.1) is 0 Å². The van der Waals surface area contributed by atoms with E-state index in [4.69, 9.17) is 9.15 Å². The fourth-order valence-corrected chi connectivity index (χ4v) is 2.15. The van der Waals surface area contributed by atoms with Crippen LogP contribution in [0.2, 0.25) is 0 Å². The maximum absolute atomic E-state index is 12.4. The molecule has 0 radical (unpaired) electrons. The van der Waals surface area contributed by atoms with Crippen LogP contribution < -0.4 is 10.2 Å². The summed E-state index contributed by atoms with van der Waals surface area (Å²) in [6.45, 7) is 0. The third-order valence-corrected chi connectivity index (χ3v) is 3.17. The Labute approximate surface area is 119 Å². The fourth-order valence-electron chi connectivity index (χ4n) is 2.15. The van der Waals surface area contributed by atoms with Gasteiger partial charge >= 0.3 is 0 Å². The summed E-state index contributed by atoms with van der Waals surface area (Å²) in [5.41, 5.74) is 0.540. The smallest absolute Gasteiger partial charge is 0.235 e. The highest BCUT2D eigenvalue weighted by Crippen LogP contribution is 2.32. The van der Waals surface area contributed by atoms with E-state index in [0.29, 0.717) is 10.9 Å². The molecule has 5 heteroatoms. The summed E-state index contributed by atoms with van der Waals surface area (Å²) in [5.74, 6) is 0.449. The number of ether oxygens (including phenoxy) is 1.